The van der Waals surface area contributed by atoms with Gasteiger partial charge in [0.05, 0.1) is 13.0 Å². The first-order chi connectivity index (χ1) is 12.0. The standard InChI is InChI=1S/C18H35N5O2.HI/c1-15-13-23(14-16(15)17(24)25-4)18(19-2)20-7-5-9-22-10-6-8-21(3)11-12-22;/h15-16H,5-14H2,1-4H3,(H,19,20);1H. The smallest absolute Gasteiger partial charge is 0.310 e. The molecular weight excluding hydrogens is 445 g/mol. The molecule has 0 aromatic carbocycles. The summed E-state index contributed by atoms with van der Waals surface area (Å²) < 4.78 is 4.91. The van der Waals surface area contributed by atoms with Crippen LogP contribution in [-0.2, 0) is 9.53 Å². The van der Waals surface area contributed by atoms with E-state index in [4.69, 9.17) is 4.74 Å². The molecular formula is C18H36IN5O2. The Kier molecular flexibility index (Phi) is 10.8. The number of methoxy groups -OCH3 is 1. The number of likely N-dealkylation sites (N-methyl/N-ethyl adjacent to an activating group) is 1. The van der Waals surface area contributed by atoms with Crippen LogP contribution in [0.1, 0.15) is 19.8 Å². The molecule has 2 saturated heterocycles. The normalized spacial score (nSPS) is 25.5. The number of nitrogens with zero attached hydrogens (tertiary/aromatic N) is 4. The maximum Gasteiger partial charge on any atom is 0.310 e. The van der Waals surface area contributed by atoms with Crippen LogP contribution < -0.4 is 5.32 Å². The lowest BCUT2D eigenvalue weighted by Crippen LogP contribution is -2.41. The predicted octanol–water partition coefficient (Wildman–Crippen LogP) is 0.948. The average molecular weight is 481 g/mol. The molecule has 1 N–H and O–H groups in total. The van der Waals surface area contributed by atoms with Crippen molar-refractivity contribution in [2.45, 2.75) is 19.8 Å². The molecule has 0 aliphatic carbocycles. The first-order valence-corrected chi connectivity index (χ1v) is 9.49. The van der Waals surface area contributed by atoms with Crippen LogP contribution in [-0.4, -0.2) is 100 Å². The van der Waals surface area contributed by atoms with Crippen LogP contribution in [0.5, 0.6) is 0 Å². The third kappa shape index (κ3) is 6.84. The molecule has 2 fully saturated rings. The molecule has 8 heteroatoms. The molecule has 26 heavy (non-hydrogen) atoms. The Morgan fingerprint density at radius 3 is 2.69 bits per heavy atom. The number of carbonyl (C=O) groups is 1. The van der Waals surface area contributed by atoms with E-state index in [9.17, 15) is 4.79 Å². The van der Waals surface area contributed by atoms with E-state index >= 15 is 0 Å². The summed E-state index contributed by atoms with van der Waals surface area (Å²) >= 11 is 0. The minimum Gasteiger partial charge on any atom is -0.469 e. The largest absolute Gasteiger partial charge is 0.469 e. The van der Waals surface area contributed by atoms with Gasteiger partial charge in [-0.3, -0.25) is 9.79 Å². The van der Waals surface area contributed by atoms with Crippen molar-refractivity contribution in [2.24, 2.45) is 16.8 Å². The van der Waals surface area contributed by atoms with E-state index in [0.29, 0.717) is 12.5 Å². The Morgan fingerprint density at radius 2 is 2.00 bits per heavy atom. The number of halogens is 1. The van der Waals surface area contributed by atoms with Gasteiger partial charge in [-0.25, -0.2) is 0 Å². The van der Waals surface area contributed by atoms with Crippen molar-refractivity contribution in [3.63, 3.8) is 0 Å². The summed E-state index contributed by atoms with van der Waals surface area (Å²) in [6, 6.07) is 0. The fourth-order valence-electron chi connectivity index (χ4n) is 3.76. The molecule has 0 radical (unpaired) electrons. The number of nitrogens with one attached hydrogen (secondary N) is 1. The highest BCUT2D eigenvalue weighted by Crippen LogP contribution is 2.24. The summed E-state index contributed by atoms with van der Waals surface area (Å²) in [6.45, 7) is 10.4. The minimum absolute atomic E-state index is 0. The van der Waals surface area contributed by atoms with Crippen LogP contribution >= 0.6 is 24.0 Å². The van der Waals surface area contributed by atoms with Gasteiger partial charge in [0.2, 0.25) is 0 Å². The van der Waals surface area contributed by atoms with Crippen molar-refractivity contribution < 1.29 is 9.53 Å². The maximum absolute atomic E-state index is 11.8. The van der Waals surface area contributed by atoms with Crippen LogP contribution in [0.2, 0.25) is 0 Å². The number of guanidine groups is 1. The molecule has 0 aromatic heterocycles. The van der Waals surface area contributed by atoms with Crippen molar-refractivity contribution in [3.05, 3.63) is 0 Å². The first-order valence-electron chi connectivity index (χ1n) is 9.49. The molecule has 2 atom stereocenters. The minimum atomic E-state index is -0.114. The van der Waals surface area contributed by atoms with Crippen molar-refractivity contribution in [3.8, 4) is 0 Å². The fourth-order valence-corrected chi connectivity index (χ4v) is 3.76. The topological polar surface area (TPSA) is 60.4 Å². The second-order valence-corrected chi connectivity index (χ2v) is 7.34. The Morgan fingerprint density at radius 1 is 1.23 bits per heavy atom. The van der Waals surface area contributed by atoms with Gasteiger partial charge in [0.1, 0.15) is 0 Å². The predicted molar refractivity (Wildman–Crippen MR) is 116 cm³/mol. The second-order valence-electron chi connectivity index (χ2n) is 7.34. The highest BCUT2D eigenvalue weighted by Gasteiger charge is 2.36. The number of likely N-dealkylation sites (tertiary alicyclic amines) is 1. The van der Waals surface area contributed by atoms with Crippen molar-refractivity contribution in [1.82, 2.24) is 20.0 Å². The zero-order chi connectivity index (χ0) is 18.2. The third-order valence-corrected chi connectivity index (χ3v) is 5.37. The van der Waals surface area contributed by atoms with Crippen LogP contribution in [0.4, 0.5) is 0 Å². The zero-order valence-electron chi connectivity index (χ0n) is 16.7. The van der Waals surface area contributed by atoms with E-state index in [2.05, 4.69) is 39.0 Å². The molecule has 0 saturated carbocycles. The van der Waals surface area contributed by atoms with Crippen LogP contribution in [0.3, 0.4) is 0 Å². The van der Waals surface area contributed by atoms with Gasteiger partial charge in [0.15, 0.2) is 5.96 Å². The lowest BCUT2D eigenvalue weighted by atomic mass is 9.99. The average Bonchev–Trinajstić information content (AvgIpc) is 2.87. The molecule has 0 bridgehead atoms. The first kappa shape index (κ1) is 23.4. The SMILES string of the molecule is CN=C(NCCCN1CCCN(C)CC1)N1CC(C)C(C(=O)OC)C1.I. The second kappa shape index (κ2) is 12.0. The van der Waals surface area contributed by atoms with E-state index in [1.54, 1.807) is 0 Å². The monoisotopic (exact) mass is 481 g/mol. The van der Waals surface area contributed by atoms with E-state index in [1.807, 2.05) is 7.05 Å². The van der Waals surface area contributed by atoms with Gasteiger partial charge in [0, 0.05) is 39.8 Å². The van der Waals surface area contributed by atoms with Gasteiger partial charge in [-0.05, 0) is 45.4 Å². The van der Waals surface area contributed by atoms with Gasteiger partial charge in [-0.15, -0.1) is 24.0 Å². The number of hydrogen-bond acceptors (Lipinski definition) is 5. The van der Waals surface area contributed by atoms with E-state index in [1.165, 1.54) is 26.6 Å². The summed E-state index contributed by atoms with van der Waals surface area (Å²) in [4.78, 5) is 23.4. The van der Waals surface area contributed by atoms with E-state index < -0.39 is 0 Å². The summed E-state index contributed by atoms with van der Waals surface area (Å²) in [7, 11) is 5.47. The Labute approximate surface area is 175 Å². The molecule has 2 heterocycles. The number of ether oxygens (including phenoxy) is 1. The third-order valence-electron chi connectivity index (χ3n) is 5.37. The summed E-state index contributed by atoms with van der Waals surface area (Å²) in [5.41, 5.74) is 0. The highest BCUT2D eigenvalue weighted by atomic mass is 127. The number of carbonyl (C=O) groups excluding carboxylic acids is 1. The molecule has 2 unspecified atom stereocenters. The molecule has 0 aromatic rings. The van der Waals surface area contributed by atoms with E-state index in [-0.39, 0.29) is 35.9 Å². The van der Waals surface area contributed by atoms with Gasteiger partial charge >= 0.3 is 5.97 Å². The molecule has 0 spiro atoms. The van der Waals surface area contributed by atoms with Gasteiger partial charge in [-0.2, -0.15) is 0 Å². The highest BCUT2D eigenvalue weighted by molar-refractivity contribution is 14.0. The molecule has 2 rings (SSSR count). The summed E-state index contributed by atoms with van der Waals surface area (Å²) in [5, 5.41) is 3.46. The molecule has 2 aliphatic rings. The van der Waals surface area contributed by atoms with Crippen molar-refractivity contribution in [2.75, 3.05) is 73.6 Å². The van der Waals surface area contributed by atoms with Gasteiger partial charge < -0.3 is 24.8 Å². The van der Waals surface area contributed by atoms with Crippen LogP contribution in [0, 0.1) is 11.8 Å². The zero-order valence-corrected chi connectivity index (χ0v) is 19.1. The fraction of sp³-hybridized carbons (Fsp3) is 0.889. The Bertz CT molecular complexity index is 463. The number of hydrogen-bond donors (Lipinski definition) is 1. The molecule has 7 nitrogen and oxygen atoms in total. The summed E-state index contributed by atoms with van der Waals surface area (Å²) in [5.74, 6) is 1.02. The van der Waals surface area contributed by atoms with Crippen molar-refractivity contribution >= 4 is 35.9 Å². The molecule has 0 amide bonds. The maximum atomic E-state index is 11.8. The molecule has 152 valence electrons. The number of rotatable bonds is 5. The Balaban J connectivity index is 0.00000338. The molecule has 2 aliphatic heterocycles. The van der Waals surface area contributed by atoms with Gasteiger partial charge in [0.25, 0.3) is 0 Å². The van der Waals surface area contributed by atoms with Crippen molar-refractivity contribution in [1.29, 1.82) is 0 Å². The van der Waals surface area contributed by atoms with Gasteiger partial charge in [-0.1, -0.05) is 6.92 Å². The lowest BCUT2D eigenvalue weighted by molar-refractivity contribution is -0.145. The quantitative estimate of drug-likeness (QED) is 0.208. The number of esters is 1. The number of aliphatic imine (C=N–C) groups is 1. The van der Waals surface area contributed by atoms with Crippen LogP contribution in [0.15, 0.2) is 4.99 Å². The summed E-state index contributed by atoms with van der Waals surface area (Å²) in [6.07, 6.45) is 2.36. The van der Waals surface area contributed by atoms with Crippen LogP contribution in [0.25, 0.3) is 0 Å². The Hall–Kier alpha value is -0.610. The van der Waals surface area contributed by atoms with E-state index in [0.717, 1.165) is 45.1 Å². The lowest BCUT2D eigenvalue weighted by Gasteiger charge is -2.23.